The van der Waals surface area contributed by atoms with Gasteiger partial charge in [0.1, 0.15) is 5.70 Å². The van der Waals surface area contributed by atoms with Crippen LogP contribution in [0, 0.1) is 0 Å². The molecule has 0 saturated carbocycles. The Morgan fingerprint density at radius 1 is 1.36 bits per heavy atom. The minimum atomic E-state index is -0.648. The van der Waals surface area contributed by atoms with Crippen LogP contribution in [0.25, 0.3) is 12.2 Å². The molecule has 0 spiro atoms. The summed E-state index contributed by atoms with van der Waals surface area (Å²) in [5.41, 5.74) is 4.04. The molecule has 1 fully saturated rings. The summed E-state index contributed by atoms with van der Waals surface area (Å²) >= 11 is 0. The molecule has 0 aliphatic carbocycles. The zero-order valence-corrected chi connectivity index (χ0v) is 14.2. The zero-order chi connectivity index (χ0) is 18.6. The Balaban J connectivity index is 2.44. The molecule has 1 aromatic rings. The summed E-state index contributed by atoms with van der Waals surface area (Å²) in [5.74, 6) is -1.17. The van der Waals surface area contributed by atoms with Gasteiger partial charge < -0.3 is 15.1 Å². The maximum Gasteiger partial charge on any atom is 0.268 e. The van der Waals surface area contributed by atoms with Crippen LogP contribution in [0.3, 0.4) is 0 Å². The lowest BCUT2D eigenvalue weighted by molar-refractivity contribution is -0.135. The molecule has 0 bridgehead atoms. The maximum absolute atomic E-state index is 12.0. The number of likely N-dealkylation sites (N-methyl/N-ethyl adjacent to an activating group) is 1. The number of amides is 3. The Morgan fingerprint density at radius 2 is 2.08 bits per heavy atom. The summed E-state index contributed by atoms with van der Waals surface area (Å²) in [5, 5.41) is 11.1. The Bertz CT molecular complexity index is 768. The van der Waals surface area contributed by atoms with E-state index in [2.05, 4.69) is 5.32 Å². The molecule has 0 atom stereocenters. The van der Waals surface area contributed by atoms with Gasteiger partial charge in [0, 0.05) is 32.9 Å². The highest BCUT2D eigenvalue weighted by Gasteiger charge is 2.25. The molecule has 1 heterocycles. The zero-order valence-electron chi connectivity index (χ0n) is 14.2. The van der Waals surface area contributed by atoms with E-state index in [-0.39, 0.29) is 24.1 Å². The first-order valence-electron chi connectivity index (χ1n) is 7.53. The van der Waals surface area contributed by atoms with E-state index in [1.807, 2.05) is 31.1 Å². The summed E-state index contributed by atoms with van der Waals surface area (Å²) in [7, 11) is 5.27. The molecule has 1 aromatic carbocycles. The van der Waals surface area contributed by atoms with Crippen LogP contribution in [-0.4, -0.2) is 55.5 Å². The van der Waals surface area contributed by atoms with E-state index in [4.69, 9.17) is 5.21 Å². The fourth-order valence-corrected chi connectivity index (χ4v) is 2.38. The maximum atomic E-state index is 12.0. The van der Waals surface area contributed by atoms with Crippen molar-refractivity contribution in [1.82, 2.24) is 15.7 Å². The lowest BCUT2D eigenvalue weighted by Crippen LogP contribution is -2.47. The van der Waals surface area contributed by atoms with Gasteiger partial charge in [-0.3, -0.25) is 19.6 Å². The number of benzene rings is 1. The Kier molecular flexibility index (Phi) is 5.56. The fraction of sp³-hybridized carbons (Fsp3) is 0.235. The van der Waals surface area contributed by atoms with E-state index in [9.17, 15) is 14.4 Å². The monoisotopic (exact) mass is 344 g/mol. The molecule has 8 nitrogen and oxygen atoms in total. The van der Waals surface area contributed by atoms with Crippen molar-refractivity contribution in [2.24, 2.45) is 0 Å². The molecule has 25 heavy (non-hydrogen) atoms. The Labute approximate surface area is 145 Å². The van der Waals surface area contributed by atoms with Crippen molar-refractivity contribution in [2.75, 3.05) is 32.6 Å². The van der Waals surface area contributed by atoms with Crippen molar-refractivity contribution in [1.29, 1.82) is 0 Å². The molecular weight excluding hydrogens is 324 g/mol. The Morgan fingerprint density at radius 3 is 2.72 bits per heavy atom. The molecule has 8 heteroatoms. The first kappa shape index (κ1) is 18.2. The molecule has 1 aliphatic rings. The van der Waals surface area contributed by atoms with E-state index < -0.39 is 5.91 Å². The molecule has 2 rings (SSSR count). The molecule has 0 radical (unpaired) electrons. The van der Waals surface area contributed by atoms with E-state index in [1.165, 1.54) is 16.5 Å². The standard InChI is InChI=1S/C17H20N4O4/c1-20(2)13-6-4-11(8-12(13)5-7-15(22)19-25)9-14-17(24)18-10-16(23)21(14)3/h4-9,25H,10H2,1-3H3,(H,18,24)(H,19,22)/b7-5+,14-9-. The highest BCUT2D eigenvalue weighted by atomic mass is 16.5. The first-order valence-corrected chi connectivity index (χ1v) is 7.53. The largest absolute Gasteiger partial charge is 0.377 e. The van der Waals surface area contributed by atoms with Crippen molar-refractivity contribution in [2.45, 2.75) is 0 Å². The van der Waals surface area contributed by atoms with Crippen molar-refractivity contribution in [3.63, 3.8) is 0 Å². The van der Waals surface area contributed by atoms with Crippen molar-refractivity contribution >= 4 is 35.6 Å². The molecule has 1 saturated heterocycles. The summed E-state index contributed by atoms with van der Waals surface area (Å²) in [6.45, 7) is -0.0174. The van der Waals surface area contributed by atoms with E-state index in [1.54, 1.807) is 25.3 Å². The highest BCUT2D eigenvalue weighted by molar-refractivity contribution is 6.06. The number of hydrogen-bond donors (Lipinski definition) is 3. The van der Waals surface area contributed by atoms with Gasteiger partial charge in [0.2, 0.25) is 5.91 Å². The van der Waals surface area contributed by atoms with Gasteiger partial charge in [-0.05, 0) is 35.4 Å². The minimum absolute atomic E-state index is 0.0174. The Hall–Kier alpha value is -3.13. The fourth-order valence-electron chi connectivity index (χ4n) is 2.38. The van der Waals surface area contributed by atoms with Crippen LogP contribution in [0.15, 0.2) is 30.0 Å². The normalized spacial score (nSPS) is 16.3. The number of carbonyl (C=O) groups is 3. The molecule has 3 amide bonds. The number of hydroxylamine groups is 1. The number of rotatable bonds is 4. The first-order chi connectivity index (χ1) is 11.8. The molecule has 0 aromatic heterocycles. The SMILES string of the molecule is CN1C(=O)CNC(=O)/C1=C/c1ccc(N(C)C)c(/C=C/C(=O)NO)c1. The van der Waals surface area contributed by atoms with Gasteiger partial charge in [-0.15, -0.1) is 0 Å². The van der Waals surface area contributed by atoms with Gasteiger partial charge in [0.25, 0.3) is 11.8 Å². The number of anilines is 1. The number of nitrogens with one attached hydrogen (secondary N) is 2. The van der Waals surface area contributed by atoms with Gasteiger partial charge in [0.15, 0.2) is 0 Å². The smallest absolute Gasteiger partial charge is 0.268 e. The number of hydrogen-bond acceptors (Lipinski definition) is 5. The van der Waals surface area contributed by atoms with Crippen LogP contribution in [0.1, 0.15) is 11.1 Å². The molecule has 1 aliphatic heterocycles. The topological polar surface area (TPSA) is 102 Å². The van der Waals surface area contributed by atoms with Crippen LogP contribution < -0.4 is 15.7 Å². The van der Waals surface area contributed by atoms with Gasteiger partial charge in [-0.25, -0.2) is 5.48 Å². The second-order valence-electron chi connectivity index (χ2n) is 5.69. The lowest BCUT2D eigenvalue weighted by Gasteiger charge is -2.25. The average Bonchev–Trinajstić information content (AvgIpc) is 2.59. The van der Waals surface area contributed by atoms with Gasteiger partial charge in [-0.1, -0.05) is 6.07 Å². The van der Waals surface area contributed by atoms with Crippen molar-refractivity contribution < 1.29 is 19.6 Å². The summed E-state index contributed by atoms with van der Waals surface area (Å²) in [4.78, 5) is 38.1. The molecule has 132 valence electrons. The second kappa shape index (κ2) is 7.63. The van der Waals surface area contributed by atoms with Crippen LogP contribution in [-0.2, 0) is 14.4 Å². The van der Waals surface area contributed by atoms with Crippen LogP contribution >= 0.6 is 0 Å². The quantitative estimate of drug-likeness (QED) is 0.411. The number of carbonyl (C=O) groups excluding carboxylic acids is 3. The highest BCUT2D eigenvalue weighted by Crippen LogP contribution is 2.24. The number of nitrogens with zero attached hydrogens (tertiary/aromatic N) is 2. The van der Waals surface area contributed by atoms with Crippen molar-refractivity contribution in [3.05, 3.63) is 41.1 Å². The van der Waals surface area contributed by atoms with E-state index >= 15 is 0 Å². The minimum Gasteiger partial charge on any atom is -0.377 e. The predicted octanol–water partition coefficient (Wildman–Crippen LogP) is 0.200. The van der Waals surface area contributed by atoms with E-state index in [0.717, 1.165) is 5.69 Å². The third kappa shape index (κ3) is 4.24. The third-order valence-corrected chi connectivity index (χ3v) is 3.73. The van der Waals surface area contributed by atoms with Crippen LogP contribution in [0.2, 0.25) is 0 Å². The number of piperazine rings is 1. The van der Waals surface area contributed by atoms with Gasteiger partial charge in [-0.2, -0.15) is 0 Å². The second-order valence-corrected chi connectivity index (χ2v) is 5.69. The summed E-state index contributed by atoms with van der Waals surface area (Å²) < 4.78 is 0. The third-order valence-electron chi connectivity index (χ3n) is 3.73. The molecule has 0 unspecified atom stereocenters. The summed E-state index contributed by atoms with van der Waals surface area (Å²) in [6.07, 6.45) is 4.36. The van der Waals surface area contributed by atoms with Crippen LogP contribution in [0.5, 0.6) is 0 Å². The van der Waals surface area contributed by atoms with Crippen LogP contribution in [0.4, 0.5) is 5.69 Å². The average molecular weight is 344 g/mol. The van der Waals surface area contributed by atoms with Gasteiger partial charge >= 0.3 is 0 Å². The summed E-state index contributed by atoms with van der Waals surface area (Å²) in [6, 6.07) is 5.43. The lowest BCUT2D eigenvalue weighted by atomic mass is 10.1. The van der Waals surface area contributed by atoms with Crippen molar-refractivity contribution in [3.8, 4) is 0 Å². The molecule has 3 N–H and O–H groups in total. The predicted molar refractivity (Wildman–Crippen MR) is 93.5 cm³/mol. The van der Waals surface area contributed by atoms with Gasteiger partial charge in [0.05, 0.1) is 6.54 Å². The molecular formula is C17H20N4O4. The van der Waals surface area contributed by atoms with E-state index in [0.29, 0.717) is 11.1 Å².